The van der Waals surface area contributed by atoms with Gasteiger partial charge in [-0.05, 0) is 32.2 Å². The Morgan fingerprint density at radius 1 is 1.37 bits per heavy atom. The predicted octanol–water partition coefficient (Wildman–Crippen LogP) is 1.11. The maximum absolute atomic E-state index is 5.80. The van der Waals surface area contributed by atoms with Crippen LogP contribution in [0.15, 0.2) is 6.33 Å². The number of methoxy groups -OCH3 is 1. The molecule has 3 rings (SSSR count). The first-order valence-corrected chi connectivity index (χ1v) is 6.93. The number of ether oxygens (including phenoxy) is 1. The lowest BCUT2D eigenvalue weighted by molar-refractivity contribution is 0.188. The zero-order chi connectivity index (χ0) is 13.2. The Morgan fingerprint density at radius 3 is 3.11 bits per heavy atom. The van der Waals surface area contributed by atoms with Gasteiger partial charge in [0, 0.05) is 18.6 Å². The molecule has 0 saturated carbocycles. The SMILES string of the molecule is COc1c(N)ncnc1NC1CCN2CCCC2C1. The molecule has 2 aliphatic rings. The van der Waals surface area contributed by atoms with Crippen LogP contribution in [0.1, 0.15) is 25.7 Å². The van der Waals surface area contributed by atoms with E-state index in [4.69, 9.17) is 10.5 Å². The second-order valence-electron chi connectivity index (χ2n) is 5.34. The Balaban J connectivity index is 1.70. The van der Waals surface area contributed by atoms with Crippen molar-refractivity contribution in [3.8, 4) is 5.75 Å². The fraction of sp³-hybridized carbons (Fsp3) is 0.692. The molecule has 6 nitrogen and oxygen atoms in total. The summed E-state index contributed by atoms with van der Waals surface area (Å²) in [5.41, 5.74) is 5.80. The van der Waals surface area contributed by atoms with Gasteiger partial charge >= 0.3 is 0 Å². The van der Waals surface area contributed by atoms with E-state index in [0.29, 0.717) is 23.4 Å². The minimum atomic E-state index is 0.387. The van der Waals surface area contributed by atoms with Crippen molar-refractivity contribution in [1.82, 2.24) is 14.9 Å². The normalized spacial score (nSPS) is 27.0. The van der Waals surface area contributed by atoms with E-state index in [2.05, 4.69) is 20.2 Å². The third kappa shape index (κ3) is 2.45. The molecule has 0 amide bonds. The van der Waals surface area contributed by atoms with Gasteiger partial charge < -0.3 is 20.7 Å². The van der Waals surface area contributed by atoms with E-state index in [1.54, 1.807) is 7.11 Å². The lowest BCUT2D eigenvalue weighted by Crippen LogP contribution is -2.42. The summed E-state index contributed by atoms with van der Waals surface area (Å²) < 4.78 is 5.28. The summed E-state index contributed by atoms with van der Waals surface area (Å²) in [7, 11) is 1.60. The van der Waals surface area contributed by atoms with Crippen molar-refractivity contribution in [3.05, 3.63) is 6.33 Å². The lowest BCUT2D eigenvalue weighted by Gasteiger charge is -2.35. The number of nitrogens with two attached hydrogens (primary N) is 1. The number of fused-ring (bicyclic) bond motifs is 1. The Kier molecular flexibility index (Phi) is 3.42. The molecular weight excluding hydrogens is 242 g/mol. The second-order valence-corrected chi connectivity index (χ2v) is 5.34. The highest BCUT2D eigenvalue weighted by molar-refractivity contribution is 5.61. The van der Waals surface area contributed by atoms with E-state index < -0.39 is 0 Å². The topological polar surface area (TPSA) is 76.3 Å². The van der Waals surface area contributed by atoms with Gasteiger partial charge in [0.2, 0.25) is 5.75 Å². The van der Waals surface area contributed by atoms with Crippen LogP contribution in [0.5, 0.6) is 5.75 Å². The molecule has 2 atom stereocenters. The molecule has 3 N–H and O–H groups in total. The van der Waals surface area contributed by atoms with Crippen molar-refractivity contribution in [2.75, 3.05) is 31.2 Å². The smallest absolute Gasteiger partial charge is 0.203 e. The van der Waals surface area contributed by atoms with E-state index >= 15 is 0 Å². The number of aromatic nitrogens is 2. The number of rotatable bonds is 3. The van der Waals surface area contributed by atoms with Crippen molar-refractivity contribution in [1.29, 1.82) is 0 Å². The van der Waals surface area contributed by atoms with Gasteiger partial charge in [-0.1, -0.05) is 0 Å². The molecule has 0 aliphatic carbocycles. The van der Waals surface area contributed by atoms with Gasteiger partial charge in [-0.15, -0.1) is 0 Å². The number of anilines is 2. The molecule has 0 bridgehead atoms. The predicted molar refractivity (Wildman–Crippen MR) is 74.2 cm³/mol. The Labute approximate surface area is 113 Å². The summed E-state index contributed by atoms with van der Waals surface area (Å²) in [6, 6.07) is 1.18. The summed E-state index contributed by atoms with van der Waals surface area (Å²) >= 11 is 0. The molecule has 2 saturated heterocycles. The summed E-state index contributed by atoms with van der Waals surface area (Å²) in [6.07, 6.45) is 6.45. The molecular formula is C13H21N5O. The van der Waals surface area contributed by atoms with E-state index in [-0.39, 0.29) is 0 Å². The number of nitrogens with one attached hydrogen (secondary N) is 1. The van der Waals surface area contributed by atoms with Crippen LogP contribution in [-0.4, -0.2) is 47.2 Å². The maximum Gasteiger partial charge on any atom is 0.203 e. The first-order valence-electron chi connectivity index (χ1n) is 6.93. The van der Waals surface area contributed by atoms with Crippen molar-refractivity contribution < 1.29 is 4.74 Å². The summed E-state index contributed by atoms with van der Waals surface area (Å²) in [4.78, 5) is 10.8. The number of nitrogen functional groups attached to an aromatic ring is 1. The number of piperidine rings is 1. The van der Waals surface area contributed by atoms with Crippen LogP contribution in [0.3, 0.4) is 0 Å². The highest BCUT2D eigenvalue weighted by Gasteiger charge is 2.32. The third-order valence-electron chi connectivity index (χ3n) is 4.20. The largest absolute Gasteiger partial charge is 0.490 e. The van der Waals surface area contributed by atoms with Crippen LogP contribution >= 0.6 is 0 Å². The van der Waals surface area contributed by atoms with E-state index in [1.807, 2.05) is 0 Å². The molecule has 0 spiro atoms. The fourth-order valence-electron chi connectivity index (χ4n) is 3.24. The van der Waals surface area contributed by atoms with Crippen LogP contribution in [0, 0.1) is 0 Å². The Bertz CT molecular complexity index is 453. The van der Waals surface area contributed by atoms with Crippen LogP contribution < -0.4 is 15.8 Å². The molecule has 0 radical (unpaired) electrons. The minimum absolute atomic E-state index is 0.387. The molecule has 2 unspecified atom stereocenters. The monoisotopic (exact) mass is 263 g/mol. The first kappa shape index (κ1) is 12.5. The van der Waals surface area contributed by atoms with Crippen LogP contribution in [-0.2, 0) is 0 Å². The molecule has 0 aromatic carbocycles. The second kappa shape index (κ2) is 5.21. The van der Waals surface area contributed by atoms with Gasteiger partial charge in [0.25, 0.3) is 0 Å². The molecule has 2 aliphatic heterocycles. The van der Waals surface area contributed by atoms with Gasteiger partial charge in [-0.3, -0.25) is 0 Å². The summed E-state index contributed by atoms with van der Waals surface area (Å²) in [5, 5.41) is 3.47. The number of nitrogens with zero attached hydrogens (tertiary/aromatic N) is 3. The van der Waals surface area contributed by atoms with Crippen LogP contribution in [0.25, 0.3) is 0 Å². The Morgan fingerprint density at radius 2 is 2.26 bits per heavy atom. The van der Waals surface area contributed by atoms with E-state index in [1.165, 1.54) is 38.7 Å². The molecule has 2 fully saturated rings. The molecule has 3 heterocycles. The van der Waals surface area contributed by atoms with Crippen LogP contribution in [0.2, 0.25) is 0 Å². The fourth-order valence-corrected chi connectivity index (χ4v) is 3.24. The van der Waals surface area contributed by atoms with Crippen molar-refractivity contribution in [2.45, 2.75) is 37.8 Å². The Hall–Kier alpha value is -1.56. The van der Waals surface area contributed by atoms with Crippen molar-refractivity contribution in [2.24, 2.45) is 0 Å². The summed E-state index contributed by atoms with van der Waals surface area (Å²) in [6.45, 7) is 2.44. The van der Waals surface area contributed by atoms with Gasteiger partial charge in [0.15, 0.2) is 11.6 Å². The first-order chi connectivity index (χ1) is 9.28. The quantitative estimate of drug-likeness (QED) is 0.850. The van der Waals surface area contributed by atoms with Gasteiger partial charge in [0.1, 0.15) is 6.33 Å². The van der Waals surface area contributed by atoms with Gasteiger partial charge in [0.05, 0.1) is 7.11 Å². The van der Waals surface area contributed by atoms with Gasteiger partial charge in [-0.2, -0.15) is 0 Å². The number of hydrogen-bond donors (Lipinski definition) is 2. The number of hydrogen-bond acceptors (Lipinski definition) is 6. The molecule has 6 heteroatoms. The van der Waals surface area contributed by atoms with E-state index in [9.17, 15) is 0 Å². The molecule has 104 valence electrons. The zero-order valence-corrected chi connectivity index (χ0v) is 11.3. The molecule has 1 aromatic rings. The highest BCUT2D eigenvalue weighted by atomic mass is 16.5. The summed E-state index contributed by atoms with van der Waals surface area (Å²) in [5.74, 6) is 1.65. The van der Waals surface area contributed by atoms with Crippen LogP contribution in [0.4, 0.5) is 11.6 Å². The third-order valence-corrected chi connectivity index (χ3v) is 4.20. The van der Waals surface area contributed by atoms with Crippen molar-refractivity contribution in [3.63, 3.8) is 0 Å². The standard InChI is InChI=1S/C13H21N5O/c1-19-11-12(14)15-8-16-13(11)17-9-4-6-18-5-2-3-10(18)7-9/h8-10H,2-7H2,1H3,(H3,14,15,16,17). The van der Waals surface area contributed by atoms with Gasteiger partial charge in [-0.25, -0.2) is 9.97 Å². The van der Waals surface area contributed by atoms with E-state index in [0.717, 1.165) is 12.5 Å². The average molecular weight is 263 g/mol. The average Bonchev–Trinajstić information content (AvgIpc) is 2.86. The zero-order valence-electron chi connectivity index (χ0n) is 11.3. The molecule has 1 aromatic heterocycles. The highest BCUT2D eigenvalue weighted by Crippen LogP contribution is 2.31. The lowest BCUT2D eigenvalue weighted by atomic mass is 9.97. The minimum Gasteiger partial charge on any atom is -0.490 e. The maximum atomic E-state index is 5.80. The molecule has 19 heavy (non-hydrogen) atoms. The van der Waals surface area contributed by atoms with Crippen molar-refractivity contribution >= 4 is 11.6 Å².